The summed E-state index contributed by atoms with van der Waals surface area (Å²) in [6.45, 7) is 0.839. The van der Waals surface area contributed by atoms with E-state index in [0.29, 0.717) is 12.1 Å². The largest absolute Gasteiger partial charge is 0.504 e. The van der Waals surface area contributed by atoms with E-state index < -0.39 is 0 Å². The highest BCUT2D eigenvalue weighted by Crippen LogP contribution is 2.29. The highest BCUT2D eigenvalue weighted by atomic mass is 16.3. The topological polar surface area (TPSA) is 69.6 Å². The average molecular weight is 179 g/mol. The number of aromatic hydroxyl groups is 2. The minimum atomic E-state index is -0.242. The molecule has 68 valence electrons. The first-order chi connectivity index (χ1) is 6.18. The first-order valence-electron chi connectivity index (χ1n) is 3.97. The third-order valence-corrected chi connectivity index (χ3v) is 2.10. The van der Waals surface area contributed by atoms with Crippen LogP contribution in [-0.2, 0) is 6.54 Å². The van der Waals surface area contributed by atoms with Gasteiger partial charge < -0.3 is 15.5 Å². The smallest absolute Gasteiger partial charge is 0.177 e. The molecule has 4 heteroatoms. The maximum absolute atomic E-state index is 11.3. The van der Waals surface area contributed by atoms with Gasteiger partial charge in [0.1, 0.15) is 0 Å². The van der Waals surface area contributed by atoms with E-state index in [1.807, 2.05) is 0 Å². The molecule has 0 spiro atoms. The van der Waals surface area contributed by atoms with Crippen molar-refractivity contribution in [1.29, 1.82) is 0 Å². The number of hydrogen-bond donors (Lipinski definition) is 3. The van der Waals surface area contributed by atoms with Crippen LogP contribution in [0.5, 0.6) is 11.5 Å². The van der Waals surface area contributed by atoms with Crippen LogP contribution in [0.25, 0.3) is 0 Å². The Kier molecular flexibility index (Phi) is 1.70. The van der Waals surface area contributed by atoms with Gasteiger partial charge in [-0.05, 0) is 17.7 Å². The van der Waals surface area contributed by atoms with Gasteiger partial charge in [-0.25, -0.2) is 0 Å². The molecule has 0 fully saturated rings. The van der Waals surface area contributed by atoms with Crippen LogP contribution in [0, 0.1) is 0 Å². The lowest BCUT2D eigenvalue weighted by Crippen LogP contribution is -2.29. The third-order valence-electron chi connectivity index (χ3n) is 2.10. The number of benzene rings is 1. The zero-order chi connectivity index (χ0) is 9.42. The summed E-state index contributed by atoms with van der Waals surface area (Å²) in [6, 6.07) is 2.72. The fraction of sp³-hybridized carbons (Fsp3) is 0.222. The number of carbonyl (C=O) groups is 1. The second-order valence-electron chi connectivity index (χ2n) is 3.02. The molecule has 0 aromatic heterocycles. The Morgan fingerprint density at radius 2 is 1.85 bits per heavy atom. The zero-order valence-corrected chi connectivity index (χ0v) is 6.87. The number of rotatable bonds is 0. The molecule has 1 aromatic carbocycles. The summed E-state index contributed by atoms with van der Waals surface area (Å²) in [5.74, 6) is -0.485. The van der Waals surface area contributed by atoms with Gasteiger partial charge in [0, 0.05) is 12.1 Å². The summed E-state index contributed by atoms with van der Waals surface area (Å²) in [6.07, 6.45) is 0. The Morgan fingerprint density at radius 1 is 1.15 bits per heavy atom. The van der Waals surface area contributed by atoms with Gasteiger partial charge in [-0.15, -0.1) is 0 Å². The summed E-state index contributed by atoms with van der Waals surface area (Å²) in [5.41, 5.74) is 1.22. The molecular weight excluding hydrogens is 170 g/mol. The van der Waals surface area contributed by atoms with Gasteiger partial charge in [-0.3, -0.25) is 4.79 Å². The normalized spacial score (nSPS) is 15.5. The first kappa shape index (κ1) is 8.07. The summed E-state index contributed by atoms with van der Waals surface area (Å²) >= 11 is 0. The molecule has 0 saturated heterocycles. The van der Waals surface area contributed by atoms with Crippen LogP contribution in [0.4, 0.5) is 0 Å². The molecule has 2 rings (SSSR count). The van der Waals surface area contributed by atoms with Crippen molar-refractivity contribution in [2.45, 2.75) is 6.54 Å². The van der Waals surface area contributed by atoms with E-state index in [-0.39, 0.29) is 23.8 Å². The monoisotopic (exact) mass is 179 g/mol. The van der Waals surface area contributed by atoms with Crippen molar-refractivity contribution in [3.8, 4) is 11.5 Å². The number of fused-ring (bicyclic) bond motifs is 1. The minimum absolute atomic E-state index is 0.0587. The lowest BCUT2D eigenvalue weighted by molar-refractivity contribution is 0.0982. The van der Waals surface area contributed by atoms with Gasteiger partial charge in [0.25, 0.3) is 0 Å². The van der Waals surface area contributed by atoms with Crippen LogP contribution in [0.3, 0.4) is 0 Å². The van der Waals surface area contributed by atoms with Crippen molar-refractivity contribution in [2.24, 2.45) is 0 Å². The van der Waals surface area contributed by atoms with Crippen LogP contribution < -0.4 is 5.32 Å². The molecule has 0 bridgehead atoms. The molecule has 1 heterocycles. The Morgan fingerprint density at radius 3 is 2.62 bits per heavy atom. The van der Waals surface area contributed by atoms with Crippen LogP contribution >= 0.6 is 0 Å². The first-order valence-corrected chi connectivity index (χ1v) is 3.97. The Bertz CT molecular complexity index is 373. The molecule has 0 aliphatic carbocycles. The van der Waals surface area contributed by atoms with Gasteiger partial charge in [0.05, 0.1) is 6.54 Å². The average Bonchev–Trinajstić information content (AvgIpc) is 2.09. The third kappa shape index (κ3) is 1.25. The van der Waals surface area contributed by atoms with Crippen molar-refractivity contribution in [1.82, 2.24) is 5.32 Å². The predicted molar refractivity (Wildman–Crippen MR) is 45.8 cm³/mol. The van der Waals surface area contributed by atoms with Crippen molar-refractivity contribution in [2.75, 3.05) is 6.54 Å². The van der Waals surface area contributed by atoms with Crippen molar-refractivity contribution in [3.05, 3.63) is 23.3 Å². The van der Waals surface area contributed by atoms with Gasteiger partial charge in [0.15, 0.2) is 17.3 Å². The van der Waals surface area contributed by atoms with Gasteiger partial charge in [0.2, 0.25) is 0 Å². The molecule has 1 aliphatic rings. The molecule has 3 N–H and O–H groups in total. The summed E-state index contributed by atoms with van der Waals surface area (Å²) < 4.78 is 0. The number of phenolic OH excluding ortho intramolecular Hbond substituents is 2. The highest BCUT2D eigenvalue weighted by Gasteiger charge is 2.18. The second kappa shape index (κ2) is 2.74. The number of Topliss-reactive ketones (excluding diaryl/α,β-unsaturated/α-hetero) is 1. The SMILES string of the molecule is O=C1CNCc2cc(O)c(O)cc21. The number of ketones is 1. The predicted octanol–water partition coefficient (Wildman–Crippen LogP) is 0.384. The molecule has 1 aliphatic heterocycles. The molecule has 0 amide bonds. The van der Waals surface area contributed by atoms with E-state index in [1.54, 1.807) is 0 Å². The van der Waals surface area contributed by atoms with E-state index in [4.69, 9.17) is 0 Å². The van der Waals surface area contributed by atoms with Gasteiger partial charge in [-0.1, -0.05) is 0 Å². The Labute approximate surface area is 74.8 Å². The van der Waals surface area contributed by atoms with Crippen LogP contribution in [-0.4, -0.2) is 22.5 Å². The quantitative estimate of drug-likeness (QED) is 0.504. The van der Waals surface area contributed by atoms with Crippen LogP contribution in [0.15, 0.2) is 12.1 Å². The lowest BCUT2D eigenvalue weighted by atomic mass is 9.99. The highest BCUT2D eigenvalue weighted by molar-refractivity contribution is 6.00. The molecule has 0 radical (unpaired) electrons. The van der Waals surface area contributed by atoms with E-state index in [2.05, 4.69) is 5.32 Å². The summed E-state index contributed by atoms with van der Waals surface area (Å²) in [4.78, 5) is 11.3. The molecule has 1 aromatic rings. The number of hydrogen-bond acceptors (Lipinski definition) is 4. The van der Waals surface area contributed by atoms with Crippen molar-refractivity contribution < 1.29 is 15.0 Å². The summed E-state index contributed by atoms with van der Waals surface area (Å²) in [7, 11) is 0. The number of phenols is 2. The van der Waals surface area contributed by atoms with E-state index in [0.717, 1.165) is 5.56 Å². The molecule has 13 heavy (non-hydrogen) atoms. The van der Waals surface area contributed by atoms with Gasteiger partial charge in [-0.2, -0.15) is 0 Å². The lowest BCUT2D eigenvalue weighted by Gasteiger charge is -2.16. The number of nitrogens with one attached hydrogen (secondary N) is 1. The molecular formula is C9H9NO3. The fourth-order valence-corrected chi connectivity index (χ4v) is 1.43. The van der Waals surface area contributed by atoms with Crippen molar-refractivity contribution in [3.63, 3.8) is 0 Å². The van der Waals surface area contributed by atoms with E-state index >= 15 is 0 Å². The Balaban J connectivity index is 2.58. The second-order valence-corrected chi connectivity index (χ2v) is 3.02. The maximum Gasteiger partial charge on any atom is 0.177 e. The van der Waals surface area contributed by atoms with E-state index in [9.17, 15) is 15.0 Å². The minimum Gasteiger partial charge on any atom is -0.504 e. The van der Waals surface area contributed by atoms with Crippen molar-refractivity contribution >= 4 is 5.78 Å². The number of carbonyl (C=O) groups excluding carboxylic acids is 1. The van der Waals surface area contributed by atoms with Gasteiger partial charge >= 0.3 is 0 Å². The maximum atomic E-state index is 11.3. The zero-order valence-electron chi connectivity index (χ0n) is 6.87. The summed E-state index contributed by atoms with van der Waals surface area (Å²) in [5, 5.41) is 21.2. The van der Waals surface area contributed by atoms with E-state index in [1.165, 1.54) is 12.1 Å². The fourth-order valence-electron chi connectivity index (χ4n) is 1.43. The molecule has 0 atom stereocenters. The Hall–Kier alpha value is -1.55. The van der Waals surface area contributed by atoms with Crippen LogP contribution in [0.1, 0.15) is 15.9 Å². The molecule has 0 saturated carbocycles. The molecule has 0 unspecified atom stereocenters. The standard InChI is InChI=1S/C9H9NO3/c11-7-1-5-3-10-4-9(13)6(5)2-8(7)12/h1-2,10-12H,3-4H2. The molecule has 4 nitrogen and oxygen atoms in total. The van der Waals surface area contributed by atoms with Crippen LogP contribution in [0.2, 0.25) is 0 Å².